The van der Waals surface area contributed by atoms with Crippen LogP contribution in [0.25, 0.3) is 28.4 Å². The number of aromatic nitrogens is 5. The van der Waals surface area contributed by atoms with E-state index in [9.17, 15) is 13.2 Å². The maximum Gasteiger partial charge on any atom is 0.417 e. The largest absolute Gasteiger partial charge is 0.417 e. The topological polar surface area (TPSA) is 82.5 Å². The van der Waals surface area contributed by atoms with Crippen molar-refractivity contribution in [1.29, 1.82) is 0 Å². The molecule has 4 rings (SSSR count). The van der Waals surface area contributed by atoms with Gasteiger partial charge in [-0.2, -0.15) is 13.2 Å². The van der Waals surface area contributed by atoms with Gasteiger partial charge in [0.15, 0.2) is 11.5 Å². The van der Waals surface area contributed by atoms with Gasteiger partial charge < -0.3 is 5.73 Å². The van der Waals surface area contributed by atoms with Crippen LogP contribution in [0.5, 0.6) is 0 Å². The molecule has 4 aromatic rings. The minimum Gasteiger partial charge on any atom is -0.384 e. The summed E-state index contributed by atoms with van der Waals surface area (Å²) in [5.74, 6) is 0.684. The highest BCUT2D eigenvalue weighted by Crippen LogP contribution is 2.32. The normalized spacial score (nSPS) is 11.8. The number of imidazole rings is 1. The van der Waals surface area contributed by atoms with Crippen LogP contribution >= 0.6 is 0 Å². The molecule has 0 saturated carbocycles. The number of pyridine rings is 3. The van der Waals surface area contributed by atoms with Gasteiger partial charge in [0.1, 0.15) is 17.0 Å². The minimum absolute atomic E-state index is 0.109. The van der Waals surface area contributed by atoms with Gasteiger partial charge in [0.2, 0.25) is 0 Å². The van der Waals surface area contributed by atoms with E-state index in [4.69, 9.17) is 5.73 Å². The van der Waals surface area contributed by atoms with Crippen molar-refractivity contribution in [3.8, 4) is 17.2 Å². The summed E-state index contributed by atoms with van der Waals surface area (Å²) in [6, 6.07) is 9.47. The summed E-state index contributed by atoms with van der Waals surface area (Å²) in [4.78, 5) is 16.6. The summed E-state index contributed by atoms with van der Waals surface area (Å²) in [5.41, 5.74) is 6.20. The van der Waals surface area contributed by atoms with Crippen molar-refractivity contribution in [2.75, 3.05) is 5.73 Å². The number of fused-ring (bicyclic) bond motifs is 1. The number of anilines is 1. The van der Waals surface area contributed by atoms with E-state index in [-0.39, 0.29) is 11.2 Å². The Hall–Kier alpha value is -3.49. The second-order valence-corrected chi connectivity index (χ2v) is 5.49. The third-order valence-electron chi connectivity index (χ3n) is 3.75. The van der Waals surface area contributed by atoms with Crippen LogP contribution < -0.4 is 5.73 Å². The van der Waals surface area contributed by atoms with Crippen LogP contribution in [0.15, 0.2) is 55.0 Å². The molecule has 0 aliphatic carbocycles. The number of halogens is 3. The maximum atomic E-state index is 13.0. The van der Waals surface area contributed by atoms with E-state index < -0.39 is 11.7 Å². The van der Waals surface area contributed by atoms with Gasteiger partial charge in [0.25, 0.3) is 0 Å². The van der Waals surface area contributed by atoms with Crippen molar-refractivity contribution >= 4 is 17.0 Å². The molecule has 0 radical (unpaired) electrons. The summed E-state index contributed by atoms with van der Waals surface area (Å²) >= 11 is 0. The van der Waals surface area contributed by atoms with Crippen molar-refractivity contribution in [3.63, 3.8) is 0 Å². The Kier molecular flexibility index (Phi) is 3.57. The van der Waals surface area contributed by atoms with Gasteiger partial charge in [-0.05, 0) is 30.3 Å². The summed E-state index contributed by atoms with van der Waals surface area (Å²) < 4.78 is 40.6. The van der Waals surface area contributed by atoms with Crippen molar-refractivity contribution in [1.82, 2.24) is 24.5 Å². The molecule has 0 amide bonds. The molecule has 0 atom stereocenters. The lowest BCUT2D eigenvalue weighted by Crippen LogP contribution is -2.06. The second-order valence-electron chi connectivity index (χ2n) is 5.49. The smallest absolute Gasteiger partial charge is 0.384 e. The zero-order valence-corrected chi connectivity index (χ0v) is 13.1. The SMILES string of the molecule is Nc1ccc(-n2c(-c3ccccn3)nc3cc(C(F)(F)F)cnc32)cn1. The lowest BCUT2D eigenvalue weighted by Gasteiger charge is -2.09. The highest BCUT2D eigenvalue weighted by atomic mass is 19.4. The molecule has 0 aliphatic heterocycles. The van der Waals surface area contributed by atoms with E-state index in [0.29, 0.717) is 23.0 Å². The summed E-state index contributed by atoms with van der Waals surface area (Å²) in [6.07, 6.45) is -0.636. The molecule has 0 bridgehead atoms. The maximum absolute atomic E-state index is 13.0. The molecule has 130 valence electrons. The fourth-order valence-electron chi connectivity index (χ4n) is 2.56. The zero-order valence-electron chi connectivity index (χ0n) is 13.1. The average molecular weight is 356 g/mol. The molecule has 0 fully saturated rings. The van der Waals surface area contributed by atoms with E-state index in [1.165, 1.54) is 6.20 Å². The highest BCUT2D eigenvalue weighted by molar-refractivity contribution is 5.79. The monoisotopic (exact) mass is 356 g/mol. The predicted octanol–water partition coefficient (Wildman–Crippen LogP) is 3.48. The van der Waals surface area contributed by atoms with Gasteiger partial charge in [-0.3, -0.25) is 9.55 Å². The van der Waals surface area contributed by atoms with Gasteiger partial charge in [0.05, 0.1) is 17.4 Å². The van der Waals surface area contributed by atoms with Crippen LogP contribution in [-0.4, -0.2) is 24.5 Å². The van der Waals surface area contributed by atoms with Crippen molar-refractivity contribution in [2.24, 2.45) is 0 Å². The fourth-order valence-corrected chi connectivity index (χ4v) is 2.56. The Morgan fingerprint density at radius 1 is 0.962 bits per heavy atom. The first-order valence-electron chi connectivity index (χ1n) is 7.52. The number of nitrogen functional groups attached to an aromatic ring is 1. The molecule has 2 N–H and O–H groups in total. The van der Waals surface area contributed by atoms with Gasteiger partial charge in [-0.1, -0.05) is 6.07 Å². The Balaban J connectivity index is 2.01. The van der Waals surface area contributed by atoms with Crippen LogP contribution in [-0.2, 0) is 6.18 Å². The van der Waals surface area contributed by atoms with E-state index in [0.717, 1.165) is 12.3 Å². The number of rotatable bonds is 2. The van der Waals surface area contributed by atoms with Gasteiger partial charge in [0, 0.05) is 12.4 Å². The highest BCUT2D eigenvalue weighted by Gasteiger charge is 2.32. The molecule has 0 spiro atoms. The number of hydrogen-bond acceptors (Lipinski definition) is 5. The van der Waals surface area contributed by atoms with Crippen LogP contribution in [0.4, 0.5) is 19.0 Å². The molecular weight excluding hydrogens is 345 g/mol. The Morgan fingerprint density at radius 2 is 1.81 bits per heavy atom. The summed E-state index contributed by atoms with van der Waals surface area (Å²) in [5, 5.41) is 0. The predicted molar refractivity (Wildman–Crippen MR) is 89.3 cm³/mol. The quantitative estimate of drug-likeness (QED) is 0.595. The molecule has 0 unspecified atom stereocenters. The first kappa shape index (κ1) is 16.0. The fraction of sp³-hybridized carbons (Fsp3) is 0.0588. The molecule has 26 heavy (non-hydrogen) atoms. The number of nitrogens with two attached hydrogens (primary N) is 1. The van der Waals surface area contributed by atoms with Gasteiger partial charge >= 0.3 is 6.18 Å². The molecule has 0 aliphatic rings. The van der Waals surface area contributed by atoms with Crippen molar-refractivity contribution < 1.29 is 13.2 Å². The van der Waals surface area contributed by atoms with Gasteiger partial charge in [-0.25, -0.2) is 15.0 Å². The van der Waals surface area contributed by atoms with E-state index in [2.05, 4.69) is 19.9 Å². The molecule has 4 aromatic heterocycles. The second kappa shape index (κ2) is 5.80. The number of hydrogen-bond donors (Lipinski definition) is 1. The molecule has 0 aromatic carbocycles. The third kappa shape index (κ3) is 2.73. The minimum atomic E-state index is -4.50. The molecule has 6 nitrogen and oxygen atoms in total. The zero-order chi connectivity index (χ0) is 18.3. The van der Waals surface area contributed by atoms with Crippen molar-refractivity contribution in [3.05, 3.63) is 60.6 Å². The number of nitrogens with zero attached hydrogens (tertiary/aromatic N) is 5. The van der Waals surface area contributed by atoms with E-state index in [1.807, 2.05) is 0 Å². The van der Waals surface area contributed by atoms with E-state index in [1.54, 1.807) is 41.1 Å². The van der Waals surface area contributed by atoms with Gasteiger partial charge in [-0.15, -0.1) is 0 Å². The summed E-state index contributed by atoms with van der Waals surface area (Å²) in [6.45, 7) is 0. The molecular formula is C17H11F3N6. The third-order valence-corrected chi connectivity index (χ3v) is 3.75. The lowest BCUT2D eigenvalue weighted by atomic mass is 10.2. The average Bonchev–Trinajstić information content (AvgIpc) is 3.01. The Morgan fingerprint density at radius 3 is 2.46 bits per heavy atom. The van der Waals surface area contributed by atoms with Crippen LogP contribution in [0.3, 0.4) is 0 Å². The number of alkyl halides is 3. The Labute approximate surface area is 145 Å². The van der Waals surface area contributed by atoms with Crippen LogP contribution in [0.2, 0.25) is 0 Å². The standard InChI is InChI=1S/C17H11F3N6/c18-17(19,20)10-7-13-15(24-8-10)26(11-4-5-14(21)23-9-11)16(25-13)12-3-1-2-6-22-12/h1-9H,(H2,21,23). The first-order valence-corrected chi connectivity index (χ1v) is 7.52. The van der Waals surface area contributed by atoms with Crippen molar-refractivity contribution in [2.45, 2.75) is 6.18 Å². The van der Waals surface area contributed by atoms with Crippen LogP contribution in [0.1, 0.15) is 5.56 Å². The Bertz CT molecular complexity index is 1070. The summed E-state index contributed by atoms with van der Waals surface area (Å²) in [7, 11) is 0. The first-order chi connectivity index (χ1) is 12.4. The van der Waals surface area contributed by atoms with E-state index >= 15 is 0 Å². The van der Waals surface area contributed by atoms with Crippen LogP contribution in [0, 0.1) is 0 Å². The lowest BCUT2D eigenvalue weighted by molar-refractivity contribution is -0.137. The molecule has 0 saturated heterocycles. The molecule has 9 heteroatoms. The molecule has 4 heterocycles.